The van der Waals surface area contributed by atoms with Gasteiger partial charge in [0, 0.05) is 32.7 Å². The number of hydrogen-bond donors (Lipinski definition) is 3. The van der Waals surface area contributed by atoms with Crippen LogP contribution in [0.5, 0.6) is 0 Å². The number of amides is 1. The SMILES string of the molecule is CC(O)CN(C)C(=O)c1sc(N2CCC(N)C2)nc1N. The zero-order valence-electron chi connectivity index (χ0n) is 11.7. The number of carbonyl (C=O) groups is 1. The molecular weight excluding hydrogens is 278 g/mol. The maximum absolute atomic E-state index is 12.3. The van der Waals surface area contributed by atoms with E-state index in [1.54, 1.807) is 14.0 Å². The van der Waals surface area contributed by atoms with E-state index in [2.05, 4.69) is 9.88 Å². The molecule has 2 heterocycles. The first-order chi connectivity index (χ1) is 9.38. The normalized spacial score (nSPS) is 20.2. The molecule has 20 heavy (non-hydrogen) atoms. The van der Waals surface area contributed by atoms with Crippen molar-refractivity contribution in [3.8, 4) is 0 Å². The smallest absolute Gasteiger partial charge is 0.267 e. The summed E-state index contributed by atoms with van der Waals surface area (Å²) < 4.78 is 0. The van der Waals surface area contributed by atoms with E-state index < -0.39 is 6.10 Å². The summed E-state index contributed by atoms with van der Waals surface area (Å²) in [5.74, 6) is 0.0311. The molecule has 8 heteroatoms. The lowest BCUT2D eigenvalue weighted by molar-refractivity contribution is 0.0709. The average molecular weight is 299 g/mol. The molecule has 0 aliphatic carbocycles. The Balaban J connectivity index is 2.13. The largest absolute Gasteiger partial charge is 0.392 e. The number of nitrogens with two attached hydrogens (primary N) is 2. The van der Waals surface area contributed by atoms with Gasteiger partial charge in [-0.05, 0) is 13.3 Å². The van der Waals surface area contributed by atoms with Crippen molar-refractivity contribution in [3.63, 3.8) is 0 Å². The molecule has 2 atom stereocenters. The van der Waals surface area contributed by atoms with Crippen molar-refractivity contribution < 1.29 is 9.90 Å². The number of carbonyl (C=O) groups excluding carboxylic acids is 1. The molecule has 1 fully saturated rings. The second-order valence-electron chi connectivity index (χ2n) is 5.24. The molecule has 0 bridgehead atoms. The van der Waals surface area contributed by atoms with Gasteiger partial charge in [-0.15, -0.1) is 0 Å². The molecule has 2 rings (SSSR count). The van der Waals surface area contributed by atoms with E-state index in [-0.39, 0.29) is 24.3 Å². The van der Waals surface area contributed by atoms with Crippen LogP contribution in [0.3, 0.4) is 0 Å². The van der Waals surface area contributed by atoms with Crippen LogP contribution in [0.4, 0.5) is 10.9 Å². The second kappa shape index (κ2) is 5.94. The fourth-order valence-corrected chi connectivity index (χ4v) is 3.24. The van der Waals surface area contributed by atoms with Crippen LogP contribution in [0.1, 0.15) is 23.0 Å². The van der Waals surface area contributed by atoms with Crippen LogP contribution in [-0.2, 0) is 0 Å². The van der Waals surface area contributed by atoms with Crippen molar-refractivity contribution in [3.05, 3.63) is 4.88 Å². The molecule has 5 N–H and O–H groups in total. The Morgan fingerprint density at radius 1 is 1.70 bits per heavy atom. The average Bonchev–Trinajstić information content (AvgIpc) is 2.93. The molecule has 0 aromatic carbocycles. The minimum Gasteiger partial charge on any atom is -0.392 e. The summed E-state index contributed by atoms with van der Waals surface area (Å²) in [6.07, 6.45) is 0.346. The molecule has 112 valence electrons. The molecular formula is C12H21N5O2S. The Kier molecular flexibility index (Phi) is 4.46. The fraction of sp³-hybridized carbons (Fsp3) is 0.667. The summed E-state index contributed by atoms with van der Waals surface area (Å²) in [6, 6.07) is 0.150. The Morgan fingerprint density at radius 2 is 2.40 bits per heavy atom. The monoisotopic (exact) mass is 299 g/mol. The van der Waals surface area contributed by atoms with Gasteiger partial charge in [-0.3, -0.25) is 4.79 Å². The molecule has 1 aromatic heterocycles. The van der Waals surface area contributed by atoms with E-state index in [1.165, 1.54) is 16.2 Å². The van der Waals surface area contributed by atoms with Gasteiger partial charge < -0.3 is 26.4 Å². The summed E-state index contributed by atoms with van der Waals surface area (Å²) in [6.45, 7) is 3.48. The zero-order chi connectivity index (χ0) is 14.9. The van der Waals surface area contributed by atoms with Gasteiger partial charge in [-0.1, -0.05) is 11.3 Å². The predicted molar refractivity (Wildman–Crippen MR) is 80.0 cm³/mol. The number of aliphatic hydroxyl groups is 1. The predicted octanol–water partition coefficient (Wildman–Crippen LogP) is -0.284. The minimum absolute atomic E-state index is 0.150. The maximum atomic E-state index is 12.3. The van der Waals surface area contributed by atoms with Crippen LogP contribution in [0.2, 0.25) is 0 Å². The van der Waals surface area contributed by atoms with Crippen LogP contribution in [0.25, 0.3) is 0 Å². The second-order valence-corrected chi connectivity index (χ2v) is 6.22. The molecule has 1 amide bonds. The van der Waals surface area contributed by atoms with E-state index in [0.717, 1.165) is 24.6 Å². The highest BCUT2D eigenvalue weighted by Crippen LogP contribution is 2.30. The Morgan fingerprint density at radius 3 is 2.95 bits per heavy atom. The van der Waals surface area contributed by atoms with Gasteiger partial charge in [0.05, 0.1) is 6.10 Å². The maximum Gasteiger partial charge on any atom is 0.267 e. The van der Waals surface area contributed by atoms with Crippen molar-refractivity contribution in [1.29, 1.82) is 0 Å². The number of hydrogen-bond acceptors (Lipinski definition) is 7. The van der Waals surface area contributed by atoms with Crippen molar-refractivity contribution >= 4 is 28.2 Å². The molecule has 1 aliphatic rings. The molecule has 1 aliphatic heterocycles. The number of nitrogen functional groups attached to an aromatic ring is 1. The van der Waals surface area contributed by atoms with Crippen molar-refractivity contribution in [2.45, 2.75) is 25.5 Å². The van der Waals surface area contributed by atoms with Gasteiger partial charge in [0.25, 0.3) is 5.91 Å². The third-order valence-corrected chi connectivity index (χ3v) is 4.34. The van der Waals surface area contributed by atoms with Crippen LogP contribution < -0.4 is 16.4 Å². The highest BCUT2D eigenvalue weighted by atomic mass is 32.1. The van der Waals surface area contributed by atoms with Gasteiger partial charge in [0.15, 0.2) is 5.13 Å². The third kappa shape index (κ3) is 3.20. The number of likely N-dealkylation sites (N-methyl/N-ethyl adjacent to an activating group) is 1. The number of anilines is 2. The fourth-order valence-electron chi connectivity index (χ4n) is 2.22. The quantitative estimate of drug-likeness (QED) is 0.705. The van der Waals surface area contributed by atoms with Gasteiger partial charge in [0.2, 0.25) is 0 Å². The van der Waals surface area contributed by atoms with Gasteiger partial charge >= 0.3 is 0 Å². The first-order valence-corrected chi connectivity index (χ1v) is 7.40. The highest BCUT2D eigenvalue weighted by molar-refractivity contribution is 7.18. The van der Waals surface area contributed by atoms with E-state index in [0.29, 0.717) is 4.88 Å². The standard InChI is InChI=1S/C12H21N5O2S/c1-7(18)5-16(2)11(19)9-10(14)15-12(20-9)17-4-3-8(13)6-17/h7-8,18H,3-6,13-14H2,1-2H3. The van der Waals surface area contributed by atoms with Crippen LogP contribution in [0, 0.1) is 0 Å². The first kappa shape index (κ1) is 15.0. The first-order valence-electron chi connectivity index (χ1n) is 6.58. The number of rotatable bonds is 4. The minimum atomic E-state index is -0.575. The Labute approximate surface area is 122 Å². The van der Waals surface area contributed by atoms with Gasteiger partial charge in [-0.25, -0.2) is 4.98 Å². The lowest BCUT2D eigenvalue weighted by Gasteiger charge is -2.17. The molecule has 2 unspecified atom stereocenters. The third-order valence-electron chi connectivity index (χ3n) is 3.22. The van der Waals surface area contributed by atoms with Crippen LogP contribution >= 0.6 is 11.3 Å². The van der Waals surface area contributed by atoms with Gasteiger partial charge in [0.1, 0.15) is 10.7 Å². The zero-order valence-corrected chi connectivity index (χ0v) is 12.6. The molecule has 1 aromatic rings. The van der Waals surface area contributed by atoms with Crippen molar-refractivity contribution in [1.82, 2.24) is 9.88 Å². The lowest BCUT2D eigenvalue weighted by atomic mass is 10.3. The summed E-state index contributed by atoms with van der Waals surface area (Å²) in [5.41, 5.74) is 11.7. The molecule has 0 spiro atoms. The van der Waals surface area contributed by atoms with E-state index in [1.807, 2.05) is 0 Å². The molecule has 1 saturated heterocycles. The molecule has 0 saturated carbocycles. The molecule has 7 nitrogen and oxygen atoms in total. The summed E-state index contributed by atoms with van der Waals surface area (Å²) in [7, 11) is 1.64. The Hall–Kier alpha value is -1.38. The summed E-state index contributed by atoms with van der Waals surface area (Å²) in [5, 5.41) is 10.1. The lowest BCUT2D eigenvalue weighted by Crippen LogP contribution is -2.32. The number of thiazole rings is 1. The number of nitrogens with zero attached hydrogens (tertiary/aromatic N) is 3. The summed E-state index contributed by atoms with van der Waals surface area (Å²) >= 11 is 1.28. The topological polar surface area (TPSA) is 109 Å². The number of aliphatic hydroxyl groups excluding tert-OH is 1. The van der Waals surface area contributed by atoms with E-state index >= 15 is 0 Å². The van der Waals surface area contributed by atoms with E-state index in [9.17, 15) is 9.90 Å². The van der Waals surface area contributed by atoms with Crippen LogP contribution in [0.15, 0.2) is 0 Å². The van der Waals surface area contributed by atoms with E-state index in [4.69, 9.17) is 11.5 Å². The molecule has 0 radical (unpaired) electrons. The van der Waals surface area contributed by atoms with Crippen molar-refractivity contribution in [2.24, 2.45) is 5.73 Å². The van der Waals surface area contributed by atoms with Gasteiger partial charge in [-0.2, -0.15) is 0 Å². The Bertz CT molecular complexity index is 490. The highest BCUT2D eigenvalue weighted by Gasteiger charge is 2.26. The number of aromatic nitrogens is 1. The summed E-state index contributed by atoms with van der Waals surface area (Å²) in [4.78, 5) is 20.4. The van der Waals surface area contributed by atoms with Crippen LogP contribution in [-0.4, -0.2) is 59.7 Å². The van der Waals surface area contributed by atoms with Crippen molar-refractivity contribution in [2.75, 3.05) is 37.3 Å².